The molecule has 1 N–H and O–H groups in total. The van der Waals surface area contributed by atoms with Gasteiger partial charge in [-0.25, -0.2) is 0 Å². The second-order valence-electron chi connectivity index (χ2n) is 4.07. The molecule has 0 aromatic rings. The third kappa shape index (κ3) is 3.21. The van der Waals surface area contributed by atoms with Crippen molar-refractivity contribution in [3.8, 4) is 0 Å². The van der Waals surface area contributed by atoms with Crippen LogP contribution < -0.4 is 0 Å². The zero-order valence-corrected chi connectivity index (χ0v) is 10.7. The maximum Gasteiger partial charge on any atom is 0.321 e. The lowest BCUT2D eigenvalue weighted by molar-refractivity contribution is -0.163. The third-order valence-corrected chi connectivity index (χ3v) is 2.99. The van der Waals surface area contributed by atoms with Crippen LogP contribution in [-0.4, -0.2) is 36.1 Å². The van der Waals surface area contributed by atoms with Gasteiger partial charge in [0.2, 0.25) is 0 Å². The van der Waals surface area contributed by atoms with Crippen molar-refractivity contribution < 1.29 is 24.3 Å². The standard InChI is InChI=1S/C12H19NO5/c1-3-17-11(14)10(12(15)18-4-2)8-6-5-7-9(8)13-16/h8,10,16H,3-7H2,1-2H3/b13-9+. The summed E-state index contributed by atoms with van der Waals surface area (Å²) in [7, 11) is 0. The molecule has 0 aliphatic heterocycles. The van der Waals surface area contributed by atoms with Crippen molar-refractivity contribution >= 4 is 17.7 Å². The first-order valence-electron chi connectivity index (χ1n) is 6.19. The lowest BCUT2D eigenvalue weighted by Gasteiger charge is -2.20. The first-order valence-corrected chi connectivity index (χ1v) is 6.19. The minimum Gasteiger partial charge on any atom is -0.465 e. The highest BCUT2D eigenvalue weighted by atomic mass is 16.6. The van der Waals surface area contributed by atoms with Crippen LogP contribution in [0.4, 0.5) is 0 Å². The van der Waals surface area contributed by atoms with Crippen LogP contribution >= 0.6 is 0 Å². The topological polar surface area (TPSA) is 85.2 Å². The molecule has 102 valence electrons. The van der Waals surface area contributed by atoms with Gasteiger partial charge in [-0.3, -0.25) is 9.59 Å². The van der Waals surface area contributed by atoms with Crippen molar-refractivity contribution in [3.63, 3.8) is 0 Å². The van der Waals surface area contributed by atoms with Gasteiger partial charge in [0, 0.05) is 5.92 Å². The Morgan fingerprint density at radius 2 is 1.89 bits per heavy atom. The van der Waals surface area contributed by atoms with E-state index in [2.05, 4.69) is 5.16 Å². The average Bonchev–Trinajstić information content (AvgIpc) is 2.78. The number of oxime groups is 1. The molecule has 0 aromatic heterocycles. The van der Waals surface area contributed by atoms with Crippen molar-refractivity contribution in [2.45, 2.75) is 33.1 Å². The molecule has 0 saturated heterocycles. The third-order valence-electron chi connectivity index (χ3n) is 2.99. The molecule has 0 amide bonds. The first-order chi connectivity index (χ1) is 8.65. The van der Waals surface area contributed by atoms with E-state index in [1.807, 2.05) is 0 Å². The highest BCUT2D eigenvalue weighted by Crippen LogP contribution is 2.31. The maximum absolute atomic E-state index is 11.8. The van der Waals surface area contributed by atoms with E-state index in [0.29, 0.717) is 18.6 Å². The number of carbonyl (C=O) groups is 2. The van der Waals surface area contributed by atoms with Crippen molar-refractivity contribution in [2.24, 2.45) is 17.0 Å². The summed E-state index contributed by atoms with van der Waals surface area (Å²) in [6.07, 6.45) is 2.01. The Bertz CT molecular complexity index is 321. The van der Waals surface area contributed by atoms with Crippen LogP contribution in [0.2, 0.25) is 0 Å². The Labute approximate surface area is 106 Å². The number of carbonyl (C=O) groups excluding carboxylic acids is 2. The largest absolute Gasteiger partial charge is 0.465 e. The molecule has 6 nitrogen and oxygen atoms in total. The van der Waals surface area contributed by atoms with Crippen LogP contribution in [0.15, 0.2) is 5.16 Å². The van der Waals surface area contributed by atoms with E-state index in [4.69, 9.17) is 14.7 Å². The molecule has 1 aliphatic carbocycles. The van der Waals surface area contributed by atoms with Crippen LogP contribution in [-0.2, 0) is 19.1 Å². The fourth-order valence-electron chi connectivity index (χ4n) is 2.23. The number of hydrogen-bond acceptors (Lipinski definition) is 6. The Balaban J connectivity index is 2.89. The van der Waals surface area contributed by atoms with Gasteiger partial charge in [-0.1, -0.05) is 5.16 Å². The molecule has 0 radical (unpaired) electrons. The molecular formula is C12H19NO5. The molecule has 1 rings (SSSR count). The Hall–Kier alpha value is -1.59. The van der Waals surface area contributed by atoms with Gasteiger partial charge in [0.15, 0.2) is 5.92 Å². The van der Waals surface area contributed by atoms with Gasteiger partial charge in [-0.2, -0.15) is 0 Å². The summed E-state index contributed by atoms with van der Waals surface area (Å²) < 4.78 is 9.80. The molecule has 0 spiro atoms. The molecule has 1 fully saturated rings. The van der Waals surface area contributed by atoms with Gasteiger partial charge >= 0.3 is 11.9 Å². The number of rotatable bonds is 5. The number of ether oxygens (including phenoxy) is 2. The Morgan fingerprint density at radius 3 is 2.33 bits per heavy atom. The summed E-state index contributed by atoms with van der Waals surface area (Å²) >= 11 is 0. The van der Waals surface area contributed by atoms with Crippen LogP contribution in [0.5, 0.6) is 0 Å². The molecular weight excluding hydrogens is 238 g/mol. The van der Waals surface area contributed by atoms with E-state index < -0.39 is 23.8 Å². The molecule has 1 unspecified atom stereocenters. The van der Waals surface area contributed by atoms with Crippen molar-refractivity contribution in [1.82, 2.24) is 0 Å². The summed E-state index contributed by atoms with van der Waals surface area (Å²) in [6.45, 7) is 3.76. The molecule has 1 atom stereocenters. The van der Waals surface area contributed by atoms with E-state index in [9.17, 15) is 9.59 Å². The maximum atomic E-state index is 11.8. The summed E-state index contributed by atoms with van der Waals surface area (Å²) in [5, 5.41) is 12.1. The van der Waals surface area contributed by atoms with Gasteiger partial charge in [0.05, 0.1) is 18.9 Å². The van der Waals surface area contributed by atoms with Gasteiger partial charge in [0.25, 0.3) is 0 Å². The molecule has 6 heteroatoms. The van der Waals surface area contributed by atoms with Gasteiger partial charge in [0.1, 0.15) is 0 Å². The van der Waals surface area contributed by atoms with E-state index in [-0.39, 0.29) is 13.2 Å². The number of esters is 2. The highest BCUT2D eigenvalue weighted by molar-refractivity contribution is 6.02. The zero-order valence-electron chi connectivity index (χ0n) is 10.7. The Morgan fingerprint density at radius 1 is 1.33 bits per heavy atom. The smallest absolute Gasteiger partial charge is 0.321 e. The minimum atomic E-state index is -1.02. The second kappa shape index (κ2) is 6.98. The molecule has 0 aromatic carbocycles. The quantitative estimate of drug-likeness (QED) is 0.348. The lowest BCUT2D eigenvalue weighted by Crippen LogP contribution is -2.36. The van der Waals surface area contributed by atoms with Gasteiger partial charge < -0.3 is 14.7 Å². The molecule has 1 aliphatic rings. The van der Waals surface area contributed by atoms with Crippen LogP contribution in [0.25, 0.3) is 0 Å². The fourth-order valence-corrected chi connectivity index (χ4v) is 2.23. The minimum absolute atomic E-state index is 0.201. The van der Waals surface area contributed by atoms with Crippen molar-refractivity contribution in [2.75, 3.05) is 13.2 Å². The van der Waals surface area contributed by atoms with E-state index in [1.54, 1.807) is 13.8 Å². The first kappa shape index (κ1) is 14.5. The fraction of sp³-hybridized carbons (Fsp3) is 0.750. The van der Waals surface area contributed by atoms with Crippen molar-refractivity contribution in [3.05, 3.63) is 0 Å². The summed E-state index contributed by atoms with van der Waals surface area (Å²) in [5.41, 5.74) is 0.473. The van der Waals surface area contributed by atoms with Crippen LogP contribution in [0.3, 0.4) is 0 Å². The number of nitrogens with zero attached hydrogens (tertiary/aromatic N) is 1. The molecule has 0 heterocycles. The van der Waals surface area contributed by atoms with Gasteiger partial charge in [-0.05, 0) is 33.1 Å². The van der Waals surface area contributed by atoms with Crippen LogP contribution in [0.1, 0.15) is 33.1 Å². The van der Waals surface area contributed by atoms with E-state index in [0.717, 1.165) is 6.42 Å². The lowest BCUT2D eigenvalue weighted by atomic mass is 9.89. The zero-order chi connectivity index (χ0) is 13.5. The predicted molar refractivity (Wildman–Crippen MR) is 63.3 cm³/mol. The summed E-state index contributed by atoms with van der Waals surface area (Å²) in [6, 6.07) is 0. The summed E-state index contributed by atoms with van der Waals surface area (Å²) in [4.78, 5) is 23.7. The van der Waals surface area contributed by atoms with Crippen molar-refractivity contribution in [1.29, 1.82) is 0 Å². The van der Waals surface area contributed by atoms with Gasteiger partial charge in [-0.15, -0.1) is 0 Å². The number of hydrogen-bond donors (Lipinski definition) is 1. The van der Waals surface area contributed by atoms with E-state index in [1.165, 1.54) is 0 Å². The molecule has 1 saturated carbocycles. The monoisotopic (exact) mass is 257 g/mol. The Kier molecular flexibility index (Phi) is 5.61. The molecule has 0 bridgehead atoms. The normalized spacial score (nSPS) is 21.3. The summed E-state index contributed by atoms with van der Waals surface area (Å²) in [5.74, 6) is -2.64. The second-order valence-corrected chi connectivity index (χ2v) is 4.07. The van der Waals surface area contributed by atoms with E-state index >= 15 is 0 Å². The van der Waals surface area contributed by atoms with Crippen LogP contribution in [0, 0.1) is 11.8 Å². The SMILES string of the molecule is CCOC(=O)C(C(=O)OCC)C1CCC/C1=N\O. The average molecular weight is 257 g/mol. The molecule has 18 heavy (non-hydrogen) atoms. The highest BCUT2D eigenvalue weighted by Gasteiger charge is 2.42. The predicted octanol–water partition coefficient (Wildman–Crippen LogP) is 1.36.